The Hall–Kier alpha value is -3.86. The Bertz CT molecular complexity index is 1960. The molecule has 0 saturated carbocycles. The lowest BCUT2D eigenvalue weighted by atomic mass is 9.94. The summed E-state index contributed by atoms with van der Waals surface area (Å²) in [6.45, 7) is 10.8. The van der Waals surface area contributed by atoms with Gasteiger partial charge >= 0.3 is 12.1 Å². The number of carbonyl (C=O) groups excluding carboxylic acids is 1. The summed E-state index contributed by atoms with van der Waals surface area (Å²) in [5, 5.41) is 6.59. The summed E-state index contributed by atoms with van der Waals surface area (Å²) in [5.74, 6) is -0.884. The maximum atomic E-state index is 16.9. The van der Waals surface area contributed by atoms with Crippen molar-refractivity contribution in [1.29, 1.82) is 0 Å². The molecular weight excluding hydrogens is 685 g/mol. The largest absolute Gasteiger partial charge is 0.461 e. The number of amides is 1. The quantitative estimate of drug-likeness (QED) is 0.208. The Morgan fingerprint density at radius 1 is 1.16 bits per heavy atom. The summed E-state index contributed by atoms with van der Waals surface area (Å²) in [6.07, 6.45) is 2.72. The maximum Gasteiger partial charge on any atom is 0.413 e. The van der Waals surface area contributed by atoms with E-state index in [1.165, 1.54) is 18.3 Å². The van der Waals surface area contributed by atoms with Crippen molar-refractivity contribution in [3.05, 3.63) is 30.0 Å². The molecule has 3 saturated heterocycles. The summed E-state index contributed by atoms with van der Waals surface area (Å²) >= 11 is 0.904. The highest BCUT2D eigenvalue weighted by atomic mass is 32.1. The second-order valence-corrected chi connectivity index (χ2v) is 15.7. The highest BCUT2D eigenvalue weighted by Crippen LogP contribution is 2.42. The molecule has 3 aliphatic heterocycles. The Kier molecular flexibility index (Phi) is 9.48. The van der Waals surface area contributed by atoms with Crippen molar-refractivity contribution in [1.82, 2.24) is 30.2 Å². The fourth-order valence-electron chi connectivity index (χ4n) is 7.62. The van der Waals surface area contributed by atoms with E-state index >= 15 is 8.78 Å². The number of methoxy groups -OCH3 is 1. The van der Waals surface area contributed by atoms with Crippen LogP contribution in [0.2, 0.25) is 0 Å². The number of alkyl halides is 1. The first-order valence-corrected chi connectivity index (χ1v) is 18.1. The van der Waals surface area contributed by atoms with Gasteiger partial charge in [0.05, 0.1) is 33.3 Å². The van der Waals surface area contributed by atoms with Crippen molar-refractivity contribution in [2.24, 2.45) is 0 Å². The fraction of sp³-hybridized carbons (Fsp3) is 0.571. The molecule has 0 bridgehead atoms. The van der Waals surface area contributed by atoms with Crippen LogP contribution in [0.15, 0.2) is 18.3 Å². The second kappa shape index (κ2) is 13.6. The molecular formula is C35H43F3N8O4S. The van der Waals surface area contributed by atoms with Crippen molar-refractivity contribution in [3.63, 3.8) is 0 Å². The van der Waals surface area contributed by atoms with E-state index in [4.69, 9.17) is 19.2 Å². The van der Waals surface area contributed by atoms with Crippen LogP contribution in [-0.4, -0.2) is 107 Å². The van der Waals surface area contributed by atoms with E-state index in [1.54, 1.807) is 27.9 Å². The number of halogens is 3. The molecule has 0 radical (unpaired) electrons. The van der Waals surface area contributed by atoms with Gasteiger partial charge < -0.3 is 24.4 Å². The first-order chi connectivity index (χ1) is 24.3. The van der Waals surface area contributed by atoms with Gasteiger partial charge in [-0.15, -0.1) is 0 Å². The average Bonchev–Trinajstić information content (AvgIpc) is 3.76. The summed E-state index contributed by atoms with van der Waals surface area (Å²) in [5.41, 5.74) is -1.36. The number of piperazine rings is 1. The lowest BCUT2D eigenvalue weighted by Crippen LogP contribution is -2.62. The van der Waals surface area contributed by atoms with E-state index in [0.717, 1.165) is 37.1 Å². The average molecular weight is 729 g/mol. The van der Waals surface area contributed by atoms with Crippen LogP contribution in [-0.2, 0) is 9.47 Å². The summed E-state index contributed by atoms with van der Waals surface area (Å²) in [4.78, 5) is 35.0. The molecule has 16 heteroatoms. The van der Waals surface area contributed by atoms with E-state index in [-0.39, 0.29) is 50.3 Å². The molecule has 51 heavy (non-hydrogen) atoms. The topological polar surface area (TPSA) is 127 Å². The zero-order valence-corrected chi connectivity index (χ0v) is 30.3. The van der Waals surface area contributed by atoms with Gasteiger partial charge in [0.1, 0.15) is 41.2 Å². The number of thiazole rings is 1. The minimum absolute atomic E-state index is 0.0220. The molecule has 3 fully saturated rings. The minimum atomic E-state index is -0.935. The number of hydrogen-bond acceptors (Lipinski definition) is 12. The molecule has 12 nitrogen and oxygen atoms in total. The summed E-state index contributed by atoms with van der Waals surface area (Å²) < 4.78 is 63.9. The van der Waals surface area contributed by atoms with Gasteiger partial charge in [-0.1, -0.05) is 18.3 Å². The van der Waals surface area contributed by atoms with E-state index in [2.05, 4.69) is 42.3 Å². The van der Waals surface area contributed by atoms with E-state index < -0.39 is 35.0 Å². The lowest BCUT2D eigenvalue weighted by Gasteiger charge is -2.43. The van der Waals surface area contributed by atoms with Gasteiger partial charge in [-0.2, -0.15) is 9.97 Å². The predicted molar refractivity (Wildman–Crippen MR) is 189 cm³/mol. The molecule has 3 aromatic heterocycles. The number of pyridine rings is 1. The molecule has 0 aliphatic carbocycles. The van der Waals surface area contributed by atoms with Crippen molar-refractivity contribution < 1.29 is 32.2 Å². The SMILES string of the molecule is CC[C@]1(COC)CN(c2nc(OC[C@@]34CCCN3C[C@H](F)C4)nc3c(F)c(-c4ccc(F)c5sc(NC(=O)OC(C)(C)C)nc45)ncc23)CCN1. The van der Waals surface area contributed by atoms with E-state index in [9.17, 15) is 9.18 Å². The number of nitrogens with zero attached hydrogens (tertiary/aromatic N) is 6. The molecule has 0 unspecified atom stereocenters. The van der Waals surface area contributed by atoms with Crippen molar-refractivity contribution >= 4 is 49.5 Å². The van der Waals surface area contributed by atoms with Crippen molar-refractivity contribution in [3.8, 4) is 17.3 Å². The van der Waals surface area contributed by atoms with Crippen LogP contribution in [0.4, 0.5) is 28.9 Å². The van der Waals surface area contributed by atoms with Crippen molar-refractivity contribution in [2.45, 2.75) is 76.2 Å². The van der Waals surface area contributed by atoms with Crippen LogP contribution in [0.5, 0.6) is 6.01 Å². The van der Waals surface area contributed by atoms with Gasteiger partial charge in [0, 0.05) is 51.5 Å². The highest BCUT2D eigenvalue weighted by Gasteiger charge is 2.49. The molecule has 2 N–H and O–H groups in total. The van der Waals surface area contributed by atoms with Crippen LogP contribution in [0, 0.1) is 11.6 Å². The zero-order valence-electron chi connectivity index (χ0n) is 29.4. The molecule has 274 valence electrons. The van der Waals surface area contributed by atoms with Crippen LogP contribution in [0.3, 0.4) is 0 Å². The minimum Gasteiger partial charge on any atom is -0.461 e. The predicted octanol–water partition coefficient (Wildman–Crippen LogP) is 6.09. The molecule has 4 aromatic rings. The number of anilines is 2. The fourth-order valence-corrected chi connectivity index (χ4v) is 8.51. The number of fused-ring (bicyclic) bond motifs is 3. The molecule has 7 rings (SSSR count). The molecule has 0 spiro atoms. The Morgan fingerprint density at radius 2 is 1.98 bits per heavy atom. The number of ether oxygens (including phenoxy) is 3. The molecule has 3 atom stereocenters. The highest BCUT2D eigenvalue weighted by molar-refractivity contribution is 7.22. The number of nitrogens with one attached hydrogen (secondary N) is 2. The summed E-state index contributed by atoms with van der Waals surface area (Å²) in [6, 6.07) is 2.60. The molecule has 3 aliphatic rings. The third-order valence-corrected chi connectivity index (χ3v) is 11.0. The standard InChI is InChI=1S/C35H43F3N8O4S/c1-6-34(18-48-5)17-45(13-11-40-34)29-22-15-39-25(21-8-9-23(37)28-27(21)42-31(51-28)44-32(47)50-33(2,3)4)24(38)26(22)41-30(43-29)49-19-35-10-7-12-46(35)16-20(36)14-35/h8-9,15,20,40H,6-7,10-14,16-19H2,1-5H3,(H,42,44,47)/t20-,34-,35+/m1/s1. The number of aromatic nitrogens is 4. The maximum absolute atomic E-state index is 16.9. The van der Waals surface area contributed by atoms with Gasteiger partial charge in [-0.05, 0) is 58.7 Å². The van der Waals surface area contributed by atoms with Crippen LogP contribution < -0.4 is 20.3 Å². The van der Waals surface area contributed by atoms with E-state index in [0.29, 0.717) is 50.4 Å². The normalized spacial score (nSPS) is 24.0. The van der Waals surface area contributed by atoms with Crippen molar-refractivity contribution in [2.75, 3.05) is 63.3 Å². The molecule has 1 amide bonds. The number of hydrogen-bond donors (Lipinski definition) is 2. The van der Waals surface area contributed by atoms with Crippen LogP contribution in [0.1, 0.15) is 53.4 Å². The third-order valence-electron chi connectivity index (χ3n) is 10.0. The van der Waals surface area contributed by atoms with Gasteiger partial charge in [0.2, 0.25) is 0 Å². The van der Waals surface area contributed by atoms with Gasteiger partial charge in [0.15, 0.2) is 10.9 Å². The zero-order chi connectivity index (χ0) is 36.1. The number of carbonyl (C=O) groups is 1. The first-order valence-electron chi connectivity index (χ1n) is 17.3. The van der Waals surface area contributed by atoms with Crippen LogP contribution in [0.25, 0.3) is 32.4 Å². The Morgan fingerprint density at radius 3 is 2.75 bits per heavy atom. The second-order valence-electron chi connectivity index (χ2n) is 14.7. The number of benzene rings is 1. The van der Waals surface area contributed by atoms with Crippen LogP contribution >= 0.6 is 11.3 Å². The monoisotopic (exact) mass is 728 g/mol. The smallest absolute Gasteiger partial charge is 0.413 e. The van der Waals surface area contributed by atoms with Gasteiger partial charge in [0.25, 0.3) is 0 Å². The Labute approximate surface area is 298 Å². The molecule has 6 heterocycles. The van der Waals surface area contributed by atoms with Gasteiger partial charge in [-0.3, -0.25) is 15.2 Å². The van der Waals surface area contributed by atoms with E-state index in [1.807, 2.05) is 0 Å². The number of rotatable bonds is 9. The first kappa shape index (κ1) is 35.5. The summed E-state index contributed by atoms with van der Waals surface area (Å²) in [7, 11) is 1.66. The molecule has 1 aromatic carbocycles. The van der Waals surface area contributed by atoms with Gasteiger partial charge in [-0.25, -0.2) is 22.9 Å². The lowest BCUT2D eigenvalue weighted by molar-refractivity contribution is 0.0636. The Balaban J connectivity index is 1.30. The third kappa shape index (κ3) is 6.90.